The van der Waals surface area contributed by atoms with Gasteiger partial charge in [0.15, 0.2) is 0 Å². The first kappa shape index (κ1) is 21.7. The summed E-state index contributed by atoms with van der Waals surface area (Å²) in [5.41, 5.74) is 5.13. The maximum atomic E-state index is 12.8. The fraction of sp³-hybridized carbons (Fsp3) is 0.767. The number of carbonyl (C=O) groups excluding carboxylic acids is 1. The van der Waals surface area contributed by atoms with E-state index in [2.05, 4.69) is 67.2 Å². The Morgan fingerprint density at radius 3 is 2.45 bits per heavy atom. The Balaban J connectivity index is 1.61. The van der Waals surface area contributed by atoms with Crippen LogP contribution in [0.2, 0.25) is 0 Å². The molecule has 5 aliphatic rings. The van der Waals surface area contributed by atoms with Gasteiger partial charge in [-0.2, -0.15) is 0 Å². The molecule has 3 saturated carbocycles. The number of carbonyl (C=O) groups is 1. The molecule has 31 heavy (non-hydrogen) atoms. The van der Waals surface area contributed by atoms with Crippen LogP contribution >= 0.6 is 0 Å². The molecular weight excluding hydrogens is 376 g/mol. The van der Waals surface area contributed by atoms with E-state index in [1.807, 2.05) is 0 Å². The van der Waals surface area contributed by atoms with Gasteiger partial charge in [0.1, 0.15) is 5.78 Å². The molecule has 170 valence electrons. The molecule has 1 nitrogen and oxygen atoms in total. The molecule has 0 aromatic rings. The zero-order valence-electron chi connectivity index (χ0n) is 21.1. The van der Waals surface area contributed by atoms with Gasteiger partial charge >= 0.3 is 0 Å². The number of rotatable bonds is 0. The Kier molecular flexibility index (Phi) is 4.54. The van der Waals surface area contributed by atoms with E-state index in [1.165, 1.54) is 36.8 Å². The molecule has 8 atom stereocenters. The van der Waals surface area contributed by atoms with Crippen LogP contribution in [0.15, 0.2) is 35.5 Å². The molecule has 0 amide bonds. The third-order valence-corrected chi connectivity index (χ3v) is 11.9. The van der Waals surface area contributed by atoms with E-state index in [-0.39, 0.29) is 21.7 Å². The van der Waals surface area contributed by atoms with Crippen LogP contribution in [0, 0.1) is 51.2 Å². The lowest BCUT2D eigenvalue weighted by Gasteiger charge is -2.67. The third-order valence-electron chi connectivity index (χ3n) is 11.9. The molecule has 0 radical (unpaired) electrons. The van der Waals surface area contributed by atoms with E-state index >= 15 is 0 Å². The Labute approximate surface area is 190 Å². The minimum absolute atomic E-state index is 0.154. The molecular formula is C30H44O. The second-order valence-corrected chi connectivity index (χ2v) is 13.3. The molecule has 0 aromatic heterocycles. The monoisotopic (exact) mass is 420 g/mol. The highest BCUT2D eigenvalue weighted by molar-refractivity contribution is 5.89. The van der Waals surface area contributed by atoms with E-state index in [0.29, 0.717) is 23.5 Å². The summed E-state index contributed by atoms with van der Waals surface area (Å²) in [6.45, 7) is 21.6. The molecule has 5 rings (SSSR count). The molecule has 0 aliphatic heterocycles. The molecule has 0 spiro atoms. The van der Waals surface area contributed by atoms with Crippen LogP contribution in [0.3, 0.4) is 0 Å². The standard InChI is InChI=1S/C30H44O/c1-18-17-19(2)21-11-15-29(7)22(26(21)20(18)3)9-10-24-28(6)14-13-25(31)27(4,5)23(28)12-16-30(24,29)8/h9,12,19-21,24,26H,1,10-11,13-17H2,2-8H3. The molecule has 3 fully saturated rings. The van der Waals surface area contributed by atoms with Crippen LogP contribution in [-0.4, -0.2) is 5.78 Å². The molecule has 0 bridgehead atoms. The highest BCUT2D eigenvalue weighted by Crippen LogP contribution is 2.73. The zero-order valence-corrected chi connectivity index (χ0v) is 21.1. The van der Waals surface area contributed by atoms with Gasteiger partial charge in [0.25, 0.3) is 0 Å². The maximum absolute atomic E-state index is 12.8. The predicted octanol–water partition coefficient (Wildman–Crippen LogP) is 7.93. The smallest absolute Gasteiger partial charge is 0.142 e. The number of allylic oxidation sites excluding steroid dienone is 5. The minimum atomic E-state index is -0.290. The maximum Gasteiger partial charge on any atom is 0.142 e. The van der Waals surface area contributed by atoms with Crippen molar-refractivity contribution in [2.45, 2.75) is 93.4 Å². The molecule has 0 aromatic carbocycles. The Morgan fingerprint density at radius 1 is 1.03 bits per heavy atom. The number of fused-ring (bicyclic) bond motifs is 7. The normalized spacial score (nSPS) is 51.0. The van der Waals surface area contributed by atoms with Gasteiger partial charge in [-0.1, -0.05) is 70.1 Å². The Morgan fingerprint density at radius 2 is 1.74 bits per heavy atom. The summed E-state index contributed by atoms with van der Waals surface area (Å²) in [7, 11) is 0. The van der Waals surface area contributed by atoms with Gasteiger partial charge < -0.3 is 0 Å². The van der Waals surface area contributed by atoms with Crippen molar-refractivity contribution in [2.75, 3.05) is 0 Å². The van der Waals surface area contributed by atoms with Crippen LogP contribution in [-0.2, 0) is 4.79 Å². The topological polar surface area (TPSA) is 17.1 Å². The lowest BCUT2D eigenvalue weighted by atomic mass is 9.36. The first-order valence-electron chi connectivity index (χ1n) is 13.0. The second-order valence-electron chi connectivity index (χ2n) is 13.3. The molecule has 0 N–H and O–H groups in total. The summed E-state index contributed by atoms with van der Waals surface area (Å²) < 4.78 is 0. The van der Waals surface area contributed by atoms with Crippen LogP contribution in [0.5, 0.6) is 0 Å². The van der Waals surface area contributed by atoms with Crippen LogP contribution in [0.1, 0.15) is 93.4 Å². The molecule has 8 unspecified atom stereocenters. The number of hydrogen-bond acceptors (Lipinski definition) is 1. The summed E-state index contributed by atoms with van der Waals surface area (Å²) in [5, 5.41) is 0. The van der Waals surface area contributed by atoms with Crippen molar-refractivity contribution >= 4 is 5.78 Å². The van der Waals surface area contributed by atoms with E-state index in [0.717, 1.165) is 31.1 Å². The fourth-order valence-electron chi connectivity index (χ4n) is 9.71. The first-order chi connectivity index (χ1) is 14.4. The third kappa shape index (κ3) is 2.53. The van der Waals surface area contributed by atoms with Crippen molar-refractivity contribution in [3.05, 3.63) is 35.5 Å². The summed E-state index contributed by atoms with van der Waals surface area (Å²) in [4.78, 5) is 12.8. The Hall–Kier alpha value is -1.11. The Bertz CT molecular complexity index is 901. The summed E-state index contributed by atoms with van der Waals surface area (Å²) >= 11 is 0. The molecule has 5 aliphatic carbocycles. The van der Waals surface area contributed by atoms with Gasteiger partial charge in [0.2, 0.25) is 0 Å². The summed E-state index contributed by atoms with van der Waals surface area (Å²) in [6, 6.07) is 0. The van der Waals surface area contributed by atoms with Crippen LogP contribution in [0.4, 0.5) is 0 Å². The van der Waals surface area contributed by atoms with E-state index in [9.17, 15) is 4.79 Å². The van der Waals surface area contributed by atoms with Crippen LogP contribution < -0.4 is 0 Å². The highest BCUT2D eigenvalue weighted by Gasteiger charge is 2.65. The summed E-state index contributed by atoms with van der Waals surface area (Å²) in [5.74, 6) is 3.99. The zero-order chi connectivity index (χ0) is 22.6. The highest BCUT2D eigenvalue weighted by atomic mass is 16.1. The number of ketones is 1. The van der Waals surface area contributed by atoms with Crippen molar-refractivity contribution in [1.29, 1.82) is 0 Å². The largest absolute Gasteiger partial charge is 0.299 e. The lowest BCUT2D eigenvalue weighted by Crippen LogP contribution is -2.60. The van der Waals surface area contributed by atoms with Gasteiger partial charge in [0.05, 0.1) is 0 Å². The van der Waals surface area contributed by atoms with Gasteiger partial charge in [-0.3, -0.25) is 4.79 Å². The predicted molar refractivity (Wildman–Crippen MR) is 130 cm³/mol. The fourth-order valence-corrected chi connectivity index (χ4v) is 9.71. The van der Waals surface area contributed by atoms with Crippen molar-refractivity contribution < 1.29 is 4.79 Å². The van der Waals surface area contributed by atoms with Gasteiger partial charge in [0, 0.05) is 11.8 Å². The average molecular weight is 421 g/mol. The SMILES string of the molecule is C=C1CC(C)C2CCC3(C)C(=CCC4C5(C)CCC(=O)C(C)(C)C5=CCC43C)C2C1C. The van der Waals surface area contributed by atoms with Crippen LogP contribution in [0.25, 0.3) is 0 Å². The van der Waals surface area contributed by atoms with Gasteiger partial charge in [-0.05, 0) is 98.2 Å². The van der Waals surface area contributed by atoms with Gasteiger partial charge in [-0.25, -0.2) is 0 Å². The molecule has 0 heterocycles. The lowest BCUT2D eigenvalue weighted by molar-refractivity contribution is -0.134. The number of hydrogen-bond donors (Lipinski definition) is 0. The van der Waals surface area contributed by atoms with Crippen molar-refractivity contribution in [1.82, 2.24) is 0 Å². The molecule has 0 saturated heterocycles. The average Bonchev–Trinajstić information content (AvgIpc) is 2.69. The van der Waals surface area contributed by atoms with Crippen molar-refractivity contribution in [3.8, 4) is 0 Å². The number of Topliss-reactive ketones (excluding diaryl/α,β-unsaturated/α-hetero) is 1. The molecule has 1 heteroatoms. The van der Waals surface area contributed by atoms with E-state index in [4.69, 9.17) is 0 Å². The summed E-state index contributed by atoms with van der Waals surface area (Å²) in [6.07, 6.45) is 13.3. The first-order valence-corrected chi connectivity index (χ1v) is 13.0. The van der Waals surface area contributed by atoms with E-state index < -0.39 is 0 Å². The quantitative estimate of drug-likeness (QED) is 0.364. The minimum Gasteiger partial charge on any atom is -0.299 e. The van der Waals surface area contributed by atoms with Crippen molar-refractivity contribution in [2.24, 2.45) is 51.2 Å². The van der Waals surface area contributed by atoms with E-state index in [1.54, 1.807) is 5.57 Å². The second kappa shape index (κ2) is 6.48. The van der Waals surface area contributed by atoms with Gasteiger partial charge in [-0.15, -0.1) is 0 Å². The van der Waals surface area contributed by atoms with Crippen molar-refractivity contribution in [3.63, 3.8) is 0 Å².